The van der Waals surface area contributed by atoms with Crippen molar-refractivity contribution in [3.8, 4) is 0 Å². The first-order chi connectivity index (χ1) is 9.44. The van der Waals surface area contributed by atoms with Crippen LogP contribution < -0.4 is 5.73 Å². The lowest BCUT2D eigenvalue weighted by Gasteiger charge is -2.21. The molecule has 1 aromatic carbocycles. The fourth-order valence-corrected chi connectivity index (χ4v) is 4.26. The van der Waals surface area contributed by atoms with Crippen molar-refractivity contribution in [2.45, 2.75) is 38.0 Å². The first-order valence-electron chi connectivity index (χ1n) is 6.82. The first-order valence-corrected chi connectivity index (χ1v) is 8.84. The average molecular weight is 312 g/mol. The Morgan fingerprint density at radius 1 is 1.45 bits per heavy atom. The van der Waals surface area contributed by atoms with E-state index in [4.69, 9.17) is 18.0 Å². The molecule has 20 heavy (non-hydrogen) atoms. The average Bonchev–Trinajstić information content (AvgIpc) is 3.19. The molecule has 110 valence electrons. The van der Waals surface area contributed by atoms with E-state index >= 15 is 0 Å². The molecule has 0 saturated heterocycles. The molecule has 1 saturated carbocycles. The molecule has 4 nitrogen and oxygen atoms in total. The van der Waals surface area contributed by atoms with Crippen LogP contribution in [0, 0.1) is 0 Å². The first kappa shape index (κ1) is 15.4. The van der Waals surface area contributed by atoms with Gasteiger partial charge in [-0.1, -0.05) is 37.3 Å². The summed E-state index contributed by atoms with van der Waals surface area (Å²) in [6.45, 7) is 2.60. The Balaban J connectivity index is 2.18. The summed E-state index contributed by atoms with van der Waals surface area (Å²) in [7, 11) is -3.27. The lowest BCUT2D eigenvalue weighted by molar-refractivity contribution is 0.402. The van der Waals surface area contributed by atoms with Gasteiger partial charge in [-0.3, -0.25) is 0 Å². The molecule has 0 aromatic heterocycles. The number of thiocarbonyl (C=S) groups is 1. The van der Waals surface area contributed by atoms with E-state index in [-0.39, 0.29) is 16.8 Å². The third kappa shape index (κ3) is 3.77. The van der Waals surface area contributed by atoms with E-state index in [2.05, 4.69) is 0 Å². The zero-order valence-corrected chi connectivity index (χ0v) is 13.2. The quantitative estimate of drug-likeness (QED) is 0.783. The van der Waals surface area contributed by atoms with Crippen LogP contribution >= 0.6 is 12.2 Å². The minimum absolute atomic E-state index is 0.0138. The van der Waals surface area contributed by atoms with Crippen molar-refractivity contribution >= 4 is 27.2 Å². The van der Waals surface area contributed by atoms with Crippen LogP contribution in [0.15, 0.2) is 24.3 Å². The van der Waals surface area contributed by atoms with E-state index < -0.39 is 10.0 Å². The number of sulfonamides is 1. The summed E-state index contributed by atoms with van der Waals surface area (Å²) < 4.78 is 26.7. The monoisotopic (exact) mass is 312 g/mol. The van der Waals surface area contributed by atoms with Crippen LogP contribution in [-0.4, -0.2) is 30.3 Å². The highest BCUT2D eigenvalue weighted by molar-refractivity contribution is 7.88. The van der Waals surface area contributed by atoms with Crippen LogP contribution in [0.3, 0.4) is 0 Å². The van der Waals surface area contributed by atoms with Gasteiger partial charge in [0.05, 0.1) is 5.75 Å². The molecule has 2 N–H and O–H groups in total. The van der Waals surface area contributed by atoms with Crippen LogP contribution in [0.4, 0.5) is 0 Å². The maximum Gasteiger partial charge on any atom is 0.218 e. The molecular weight excluding hydrogens is 292 g/mol. The summed E-state index contributed by atoms with van der Waals surface area (Å²) in [4.78, 5) is 0.289. The van der Waals surface area contributed by atoms with Crippen molar-refractivity contribution in [1.82, 2.24) is 4.31 Å². The largest absolute Gasteiger partial charge is 0.389 e. The predicted octanol–water partition coefficient (Wildman–Crippen LogP) is 2.03. The van der Waals surface area contributed by atoms with E-state index in [9.17, 15) is 8.42 Å². The van der Waals surface area contributed by atoms with E-state index in [0.29, 0.717) is 12.1 Å². The summed E-state index contributed by atoms with van der Waals surface area (Å²) in [6.07, 6.45) is 2.79. The second-order valence-corrected chi connectivity index (χ2v) is 7.52. The summed E-state index contributed by atoms with van der Waals surface area (Å²) in [5.74, 6) is 0.0138. The van der Waals surface area contributed by atoms with Gasteiger partial charge in [-0.25, -0.2) is 8.42 Å². The van der Waals surface area contributed by atoms with Gasteiger partial charge in [0.1, 0.15) is 4.99 Å². The number of benzene rings is 1. The SMILES string of the molecule is CCCN(C1CC1)S(=O)(=O)Cc1cccc(C(N)=S)c1. The number of hydrogen-bond donors (Lipinski definition) is 1. The minimum Gasteiger partial charge on any atom is -0.389 e. The van der Waals surface area contributed by atoms with Crippen molar-refractivity contribution in [3.05, 3.63) is 35.4 Å². The molecule has 1 aromatic rings. The fourth-order valence-electron chi connectivity index (χ4n) is 2.24. The van der Waals surface area contributed by atoms with Gasteiger partial charge < -0.3 is 5.73 Å². The molecule has 2 rings (SSSR count). The molecule has 1 aliphatic rings. The normalized spacial score (nSPS) is 15.5. The highest BCUT2D eigenvalue weighted by Gasteiger charge is 2.36. The molecule has 0 bridgehead atoms. The minimum atomic E-state index is -3.27. The van der Waals surface area contributed by atoms with E-state index in [0.717, 1.165) is 24.8 Å². The molecule has 0 spiro atoms. The van der Waals surface area contributed by atoms with E-state index in [1.807, 2.05) is 6.92 Å². The maximum absolute atomic E-state index is 12.5. The van der Waals surface area contributed by atoms with Crippen LogP contribution in [0.1, 0.15) is 37.3 Å². The van der Waals surface area contributed by atoms with Gasteiger partial charge in [-0.2, -0.15) is 4.31 Å². The highest BCUT2D eigenvalue weighted by Crippen LogP contribution is 2.30. The molecular formula is C14H20N2O2S2. The Morgan fingerprint density at radius 2 is 2.15 bits per heavy atom. The second-order valence-electron chi connectivity index (χ2n) is 5.16. The maximum atomic E-state index is 12.5. The molecule has 6 heteroatoms. The summed E-state index contributed by atoms with van der Waals surface area (Å²) in [5, 5.41) is 0. The molecule has 0 aliphatic heterocycles. The molecule has 1 aliphatic carbocycles. The second kappa shape index (κ2) is 6.20. The summed E-state index contributed by atoms with van der Waals surface area (Å²) >= 11 is 4.93. The third-order valence-corrected chi connectivity index (χ3v) is 5.45. The van der Waals surface area contributed by atoms with Gasteiger partial charge in [-0.05, 0) is 30.9 Å². The van der Waals surface area contributed by atoms with Gasteiger partial charge in [-0.15, -0.1) is 0 Å². The Morgan fingerprint density at radius 3 is 2.70 bits per heavy atom. The molecule has 1 fully saturated rings. The smallest absolute Gasteiger partial charge is 0.218 e. The van der Waals surface area contributed by atoms with E-state index in [1.165, 1.54) is 0 Å². The van der Waals surface area contributed by atoms with Crippen molar-refractivity contribution in [3.63, 3.8) is 0 Å². The molecule has 0 radical (unpaired) electrons. The predicted molar refractivity (Wildman–Crippen MR) is 85.0 cm³/mol. The van der Waals surface area contributed by atoms with Crippen LogP contribution in [-0.2, 0) is 15.8 Å². The van der Waals surface area contributed by atoms with Gasteiger partial charge in [0.2, 0.25) is 10.0 Å². The van der Waals surface area contributed by atoms with Crippen molar-refractivity contribution in [1.29, 1.82) is 0 Å². The summed E-state index contributed by atoms with van der Waals surface area (Å²) in [6, 6.07) is 7.36. The van der Waals surface area contributed by atoms with Crippen LogP contribution in [0.5, 0.6) is 0 Å². The van der Waals surface area contributed by atoms with Crippen molar-refractivity contribution in [2.24, 2.45) is 5.73 Å². The molecule has 0 atom stereocenters. The third-order valence-electron chi connectivity index (χ3n) is 3.32. The Hall–Kier alpha value is -0.980. The molecule has 0 unspecified atom stereocenters. The van der Waals surface area contributed by atoms with Gasteiger partial charge in [0, 0.05) is 18.2 Å². The Bertz CT molecular complexity index is 595. The Labute approximate surface area is 126 Å². The number of nitrogens with two attached hydrogens (primary N) is 1. The number of nitrogens with zero attached hydrogens (tertiary/aromatic N) is 1. The fraction of sp³-hybridized carbons (Fsp3) is 0.500. The van der Waals surface area contributed by atoms with Crippen molar-refractivity contribution < 1.29 is 8.42 Å². The lowest BCUT2D eigenvalue weighted by Crippen LogP contribution is -2.34. The van der Waals surface area contributed by atoms with Crippen LogP contribution in [0.2, 0.25) is 0 Å². The van der Waals surface area contributed by atoms with Crippen LogP contribution in [0.25, 0.3) is 0 Å². The van der Waals surface area contributed by atoms with Gasteiger partial charge >= 0.3 is 0 Å². The zero-order chi connectivity index (χ0) is 14.8. The van der Waals surface area contributed by atoms with E-state index in [1.54, 1.807) is 28.6 Å². The van der Waals surface area contributed by atoms with Gasteiger partial charge in [0.15, 0.2) is 0 Å². The molecule has 0 amide bonds. The summed E-state index contributed by atoms with van der Waals surface area (Å²) in [5.41, 5.74) is 7.03. The highest BCUT2D eigenvalue weighted by atomic mass is 32.2. The topological polar surface area (TPSA) is 63.4 Å². The number of rotatable bonds is 7. The van der Waals surface area contributed by atoms with Gasteiger partial charge in [0.25, 0.3) is 0 Å². The zero-order valence-electron chi connectivity index (χ0n) is 11.6. The lowest BCUT2D eigenvalue weighted by atomic mass is 10.1. The van der Waals surface area contributed by atoms with Crippen molar-refractivity contribution in [2.75, 3.05) is 6.54 Å². The standard InChI is InChI=1S/C14H20N2O2S2/c1-2-8-16(13-6-7-13)20(17,18)10-11-4-3-5-12(9-11)14(15)19/h3-5,9,13H,2,6-8,10H2,1H3,(H2,15,19). The molecule has 0 heterocycles. The Kier molecular flexibility index (Phi) is 4.78. The number of hydrogen-bond acceptors (Lipinski definition) is 3.